The largest absolute Gasteiger partial charge is 0.348 e. The lowest BCUT2D eigenvalue weighted by atomic mass is 10.0. The number of nitrogens with zero attached hydrogens (tertiary/aromatic N) is 4. The zero-order chi connectivity index (χ0) is 17.1. The molecule has 3 heterocycles. The molecule has 2 aromatic heterocycles. The number of likely N-dealkylation sites (tertiary alicyclic amines) is 1. The fourth-order valence-corrected chi connectivity index (χ4v) is 3.01. The summed E-state index contributed by atoms with van der Waals surface area (Å²) in [6.45, 7) is 2.73. The zero-order valence-corrected chi connectivity index (χ0v) is 14.9. The third-order valence-electron chi connectivity index (χ3n) is 4.40. The molecule has 2 atom stereocenters. The van der Waals surface area contributed by atoms with E-state index in [9.17, 15) is 9.59 Å². The van der Waals surface area contributed by atoms with Gasteiger partial charge in [0.25, 0.3) is 0 Å². The Hall–Kier alpha value is -2.19. The first kappa shape index (κ1) is 19.1. The van der Waals surface area contributed by atoms with Gasteiger partial charge in [-0.15, -0.1) is 22.6 Å². The molecule has 136 valence electrons. The number of carbonyl (C=O) groups is 2. The van der Waals surface area contributed by atoms with E-state index in [0.29, 0.717) is 31.9 Å². The van der Waals surface area contributed by atoms with Gasteiger partial charge < -0.3 is 16.0 Å². The van der Waals surface area contributed by atoms with Crippen molar-refractivity contribution in [1.29, 1.82) is 0 Å². The number of halogens is 1. The Morgan fingerprint density at radius 2 is 2.08 bits per heavy atom. The van der Waals surface area contributed by atoms with E-state index in [2.05, 4.69) is 15.5 Å². The van der Waals surface area contributed by atoms with Gasteiger partial charge in [-0.25, -0.2) is 0 Å². The standard InChI is InChI=1S/C16H22N6O2.ClH/c1-11(23)21-9-12(5-6-13(17)10-21)16(24)18-8-15-20-19-14-4-2-3-7-22(14)15;/h2-4,7,12-13H,5-6,8-10,17H2,1H3,(H,18,24);1H/t12-,13+;/m1./s1. The summed E-state index contributed by atoms with van der Waals surface area (Å²) in [4.78, 5) is 25.8. The minimum Gasteiger partial charge on any atom is -0.348 e. The summed E-state index contributed by atoms with van der Waals surface area (Å²) in [6.07, 6.45) is 3.27. The van der Waals surface area contributed by atoms with Crippen molar-refractivity contribution in [3.63, 3.8) is 0 Å². The SMILES string of the molecule is CC(=O)N1C[C@@H](N)CC[C@@H](C(=O)NCc2nnc3ccccn23)C1.Cl. The maximum Gasteiger partial charge on any atom is 0.225 e. The smallest absolute Gasteiger partial charge is 0.225 e. The molecule has 3 rings (SSSR count). The summed E-state index contributed by atoms with van der Waals surface area (Å²) in [6, 6.07) is 5.55. The van der Waals surface area contributed by atoms with Crippen molar-refractivity contribution in [2.75, 3.05) is 13.1 Å². The topological polar surface area (TPSA) is 106 Å². The molecule has 1 aliphatic heterocycles. The minimum absolute atomic E-state index is 0. The zero-order valence-electron chi connectivity index (χ0n) is 14.1. The molecule has 0 saturated carbocycles. The van der Waals surface area contributed by atoms with Gasteiger partial charge in [-0.1, -0.05) is 6.07 Å². The summed E-state index contributed by atoms with van der Waals surface area (Å²) in [5.41, 5.74) is 6.73. The van der Waals surface area contributed by atoms with Crippen LogP contribution in [-0.4, -0.2) is 50.4 Å². The molecule has 2 amide bonds. The van der Waals surface area contributed by atoms with E-state index in [1.165, 1.54) is 6.92 Å². The van der Waals surface area contributed by atoms with Crippen LogP contribution in [0.15, 0.2) is 24.4 Å². The quantitative estimate of drug-likeness (QED) is 0.815. The molecule has 1 aliphatic rings. The first-order valence-electron chi connectivity index (χ1n) is 8.12. The fourth-order valence-electron chi connectivity index (χ4n) is 3.01. The van der Waals surface area contributed by atoms with Crippen LogP contribution in [-0.2, 0) is 16.1 Å². The van der Waals surface area contributed by atoms with Gasteiger partial charge in [-0.3, -0.25) is 14.0 Å². The lowest BCUT2D eigenvalue weighted by molar-refractivity contribution is -0.131. The summed E-state index contributed by atoms with van der Waals surface area (Å²) >= 11 is 0. The molecule has 1 fully saturated rings. The van der Waals surface area contributed by atoms with Crippen molar-refractivity contribution in [1.82, 2.24) is 24.8 Å². The van der Waals surface area contributed by atoms with Crippen LogP contribution in [0.1, 0.15) is 25.6 Å². The number of nitrogens with one attached hydrogen (secondary N) is 1. The van der Waals surface area contributed by atoms with Gasteiger partial charge in [0, 0.05) is 32.3 Å². The number of hydrogen-bond acceptors (Lipinski definition) is 5. The second-order valence-electron chi connectivity index (χ2n) is 6.22. The van der Waals surface area contributed by atoms with E-state index in [1.807, 2.05) is 28.8 Å². The van der Waals surface area contributed by atoms with Crippen LogP contribution < -0.4 is 11.1 Å². The number of nitrogens with two attached hydrogens (primary N) is 1. The molecule has 0 spiro atoms. The van der Waals surface area contributed by atoms with Crippen LogP contribution >= 0.6 is 12.4 Å². The van der Waals surface area contributed by atoms with E-state index >= 15 is 0 Å². The van der Waals surface area contributed by atoms with Crippen LogP contribution in [0.3, 0.4) is 0 Å². The van der Waals surface area contributed by atoms with E-state index in [4.69, 9.17) is 5.73 Å². The number of rotatable bonds is 3. The van der Waals surface area contributed by atoms with Crippen molar-refractivity contribution in [2.24, 2.45) is 11.7 Å². The average molecular weight is 367 g/mol. The van der Waals surface area contributed by atoms with E-state index in [-0.39, 0.29) is 36.2 Å². The number of aromatic nitrogens is 3. The van der Waals surface area contributed by atoms with Gasteiger partial charge in [0.15, 0.2) is 11.5 Å². The van der Waals surface area contributed by atoms with Gasteiger partial charge in [0.05, 0.1) is 12.5 Å². The van der Waals surface area contributed by atoms with Crippen LogP contribution in [0.2, 0.25) is 0 Å². The van der Waals surface area contributed by atoms with Crippen LogP contribution in [0.5, 0.6) is 0 Å². The van der Waals surface area contributed by atoms with E-state index in [1.54, 1.807) is 4.90 Å². The lowest BCUT2D eigenvalue weighted by Crippen LogP contribution is -2.42. The fraction of sp³-hybridized carbons (Fsp3) is 0.500. The van der Waals surface area contributed by atoms with Crippen molar-refractivity contribution in [3.8, 4) is 0 Å². The maximum atomic E-state index is 12.5. The lowest BCUT2D eigenvalue weighted by Gasteiger charge is -2.23. The summed E-state index contributed by atoms with van der Waals surface area (Å²) in [7, 11) is 0. The molecule has 2 aromatic rings. The number of amides is 2. The van der Waals surface area contributed by atoms with Crippen molar-refractivity contribution in [3.05, 3.63) is 30.2 Å². The first-order valence-corrected chi connectivity index (χ1v) is 8.12. The normalized spacial score (nSPS) is 20.6. The van der Waals surface area contributed by atoms with E-state index in [0.717, 1.165) is 12.1 Å². The summed E-state index contributed by atoms with van der Waals surface area (Å²) in [5, 5.41) is 11.1. The molecular weight excluding hydrogens is 344 g/mol. The molecule has 0 unspecified atom stereocenters. The van der Waals surface area contributed by atoms with Crippen LogP contribution in [0, 0.1) is 5.92 Å². The molecule has 0 aliphatic carbocycles. The van der Waals surface area contributed by atoms with Crippen molar-refractivity contribution < 1.29 is 9.59 Å². The van der Waals surface area contributed by atoms with Gasteiger partial charge in [0.2, 0.25) is 11.8 Å². The van der Waals surface area contributed by atoms with Crippen molar-refractivity contribution >= 4 is 29.9 Å². The van der Waals surface area contributed by atoms with Gasteiger partial charge >= 0.3 is 0 Å². The molecule has 1 saturated heterocycles. The Morgan fingerprint density at radius 1 is 1.28 bits per heavy atom. The Bertz CT molecular complexity index is 749. The van der Waals surface area contributed by atoms with Gasteiger partial charge in [0.1, 0.15) is 0 Å². The van der Waals surface area contributed by atoms with E-state index < -0.39 is 0 Å². The highest BCUT2D eigenvalue weighted by molar-refractivity contribution is 5.85. The van der Waals surface area contributed by atoms with Gasteiger partial charge in [-0.2, -0.15) is 0 Å². The predicted molar refractivity (Wildman–Crippen MR) is 95.0 cm³/mol. The Kier molecular flexibility index (Phi) is 6.33. The highest BCUT2D eigenvalue weighted by Gasteiger charge is 2.28. The maximum absolute atomic E-state index is 12.5. The second-order valence-corrected chi connectivity index (χ2v) is 6.22. The molecule has 0 radical (unpaired) electrons. The molecule has 0 aromatic carbocycles. The third-order valence-corrected chi connectivity index (χ3v) is 4.40. The Morgan fingerprint density at radius 3 is 2.84 bits per heavy atom. The Balaban J connectivity index is 0.00000225. The Labute approximate surface area is 152 Å². The number of pyridine rings is 1. The first-order chi connectivity index (χ1) is 11.5. The third kappa shape index (κ3) is 4.46. The predicted octanol–water partition coefficient (Wildman–Crippen LogP) is 0.353. The summed E-state index contributed by atoms with van der Waals surface area (Å²) in [5.74, 6) is 0.297. The highest BCUT2D eigenvalue weighted by Crippen LogP contribution is 2.16. The molecule has 0 bridgehead atoms. The van der Waals surface area contributed by atoms with Gasteiger partial charge in [-0.05, 0) is 25.0 Å². The molecule has 8 nitrogen and oxygen atoms in total. The molecular formula is C16H23ClN6O2. The monoisotopic (exact) mass is 366 g/mol. The number of fused-ring (bicyclic) bond motifs is 1. The average Bonchev–Trinajstić information content (AvgIpc) is 2.87. The molecule has 9 heteroatoms. The van der Waals surface area contributed by atoms with Crippen LogP contribution in [0.4, 0.5) is 0 Å². The summed E-state index contributed by atoms with van der Waals surface area (Å²) < 4.78 is 1.84. The second kappa shape index (κ2) is 8.26. The number of hydrogen-bond donors (Lipinski definition) is 2. The molecule has 25 heavy (non-hydrogen) atoms. The highest BCUT2D eigenvalue weighted by atomic mass is 35.5. The minimum atomic E-state index is -0.248. The van der Waals surface area contributed by atoms with Crippen LogP contribution in [0.25, 0.3) is 5.65 Å². The van der Waals surface area contributed by atoms with Crippen molar-refractivity contribution in [2.45, 2.75) is 32.4 Å². The number of carbonyl (C=O) groups excluding carboxylic acids is 2. The molecule has 3 N–H and O–H groups in total.